The van der Waals surface area contributed by atoms with Gasteiger partial charge in [-0.2, -0.15) is 0 Å². The van der Waals surface area contributed by atoms with Crippen LogP contribution < -0.4 is 15.5 Å². The molecule has 0 radical (unpaired) electrons. The molecule has 2 aliphatic heterocycles. The lowest BCUT2D eigenvalue weighted by molar-refractivity contribution is -0.169. The number of carbonyl (C=O) groups excluding carboxylic acids is 1. The Hall–Kier alpha value is -1.86. The number of piperidine rings is 1. The van der Waals surface area contributed by atoms with Crippen LogP contribution in [0, 0.1) is 0 Å². The fourth-order valence-corrected chi connectivity index (χ4v) is 4.11. The molecule has 3 heterocycles. The first-order chi connectivity index (χ1) is 12.7. The molecule has 2 amide bonds. The summed E-state index contributed by atoms with van der Waals surface area (Å²) in [5.74, 6) is 0.561. The molecule has 1 aliphatic carbocycles. The van der Waals surface area contributed by atoms with Crippen molar-refractivity contribution in [3.05, 3.63) is 18.3 Å². The number of carbonyl (C=O) groups is 1. The van der Waals surface area contributed by atoms with Gasteiger partial charge in [-0.25, -0.2) is 9.78 Å². The third kappa shape index (κ3) is 4.10. The third-order valence-corrected chi connectivity index (χ3v) is 5.61. The predicted octanol–water partition coefficient (Wildman–Crippen LogP) is 2.88. The van der Waals surface area contributed by atoms with Gasteiger partial charge in [0, 0.05) is 32.0 Å². The van der Waals surface area contributed by atoms with Gasteiger partial charge in [-0.1, -0.05) is 19.3 Å². The molecule has 7 heteroatoms. The molecule has 7 nitrogen and oxygen atoms in total. The van der Waals surface area contributed by atoms with Gasteiger partial charge < -0.3 is 25.0 Å². The van der Waals surface area contributed by atoms with Crippen LogP contribution in [-0.4, -0.2) is 49.1 Å². The Morgan fingerprint density at radius 3 is 2.50 bits per heavy atom. The largest absolute Gasteiger partial charge is 0.356 e. The second-order valence-corrected chi connectivity index (χ2v) is 7.43. The summed E-state index contributed by atoms with van der Waals surface area (Å²) in [6, 6.07) is 4.04. The van der Waals surface area contributed by atoms with Crippen molar-refractivity contribution in [3.8, 4) is 0 Å². The van der Waals surface area contributed by atoms with E-state index in [0.717, 1.165) is 50.3 Å². The van der Waals surface area contributed by atoms with Gasteiger partial charge in [-0.05, 0) is 25.0 Å². The van der Waals surface area contributed by atoms with Crippen molar-refractivity contribution in [2.75, 3.05) is 36.5 Å². The maximum Gasteiger partial charge on any atom is 0.319 e. The Kier molecular flexibility index (Phi) is 5.26. The highest BCUT2D eigenvalue weighted by Crippen LogP contribution is 2.32. The molecule has 1 saturated carbocycles. The Morgan fingerprint density at radius 1 is 1.12 bits per heavy atom. The number of hydrogen-bond donors (Lipinski definition) is 2. The normalized spacial score (nSPS) is 23.2. The van der Waals surface area contributed by atoms with Crippen molar-refractivity contribution in [2.24, 2.45) is 0 Å². The van der Waals surface area contributed by atoms with E-state index in [2.05, 4.69) is 20.5 Å². The van der Waals surface area contributed by atoms with E-state index < -0.39 is 0 Å². The molecule has 0 aromatic carbocycles. The lowest BCUT2D eigenvalue weighted by atomic mass is 9.96. The van der Waals surface area contributed by atoms with Gasteiger partial charge in [-0.3, -0.25) is 0 Å². The zero-order chi connectivity index (χ0) is 17.8. The minimum atomic E-state index is -0.366. The highest BCUT2D eigenvalue weighted by atomic mass is 16.7. The fourth-order valence-electron chi connectivity index (χ4n) is 4.11. The Labute approximate surface area is 154 Å². The van der Waals surface area contributed by atoms with E-state index in [1.54, 1.807) is 6.20 Å². The average molecular weight is 360 g/mol. The molecule has 2 saturated heterocycles. The van der Waals surface area contributed by atoms with Gasteiger partial charge in [0.15, 0.2) is 5.79 Å². The molecule has 1 aromatic rings. The van der Waals surface area contributed by atoms with Crippen LogP contribution in [0.5, 0.6) is 0 Å². The second-order valence-electron chi connectivity index (χ2n) is 7.43. The molecular formula is C19H28N4O3. The van der Waals surface area contributed by atoms with Crippen LogP contribution in [0.4, 0.5) is 16.3 Å². The average Bonchev–Trinajstić information content (AvgIpc) is 3.12. The van der Waals surface area contributed by atoms with E-state index in [9.17, 15) is 4.79 Å². The molecule has 3 fully saturated rings. The lowest BCUT2D eigenvalue weighted by Crippen LogP contribution is -2.45. The van der Waals surface area contributed by atoms with Crippen LogP contribution >= 0.6 is 0 Å². The van der Waals surface area contributed by atoms with Gasteiger partial charge in [0.25, 0.3) is 0 Å². The van der Waals surface area contributed by atoms with E-state index in [1.165, 1.54) is 19.3 Å². The number of hydrogen-bond acceptors (Lipinski definition) is 5. The van der Waals surface area contributed by atoms with E-state index in [0.29, 0.717) is 19.3 Å². The molecule has 1 spiro atoms. The van der Waals surface area contributed by atoms with Crippen molar-refractivity contribution >= 4 is 17.5 Å². The quantitative estimate of drug-likeness (QED) is 0.867. The molecule has 26 heavy (non-hydrogen) atoms. The van der Waals surface area contributed by atoms with Crippen molar-refractivity contribution in [3.63, 3.8) is 0 Å². The van der Waals surface area contributed by atoms with Crippen LogP contribution in [-0.2, 0) is 9.47 Å². The lowest BCUT2D eigenvalue weighted by Gasteiger charge is -2.38. The summed E-state index contributed by atoms with van der Waals surface area (Å²) in [4.78, 5) is 18.9. The summed E-state index contributed by atoms with van der Waals surface area (Å²) in [6.07, 6.45) is 9.28. The molecule has 0 atom stereocenters. The van der Waals surface area contributed by atoms with Gasteiger partial charge in [-0.15, -0.1) is 0 Å². The number of amides is 2. The Morgan fingerprint density at radius 2 is 1.85 bits per heavy atom. The number of aromatic nitrogens is 1. The first kappa shape index (κ1) is 17.5. The van der Waals surface area contributed by atoms with Crippen molar-refractivity contribution < 1.29 is 14.3 Å². The summed E-state index contributed by atoms with van der Waals surface area (Å²) in [6.45, 7) is 3.12. The van der Waals surface area contributed by atoms with Crippen LogP contribution in [0.25, 0.3) is 0 Å². The van der Waals surface area contributed by atoms with Crippen molar-refractivity contribution in [1.82, 2.24) is 10.3 Å². The molecular weight excluding hydrogens is 332 g/mol. The summed E-state index contributed by atoms with van der Waals surface area (Å²) in [7, 11) is 0. The Bertz CT molecular complexity index is 600. The summed E-state index contributed by atoms with van der Waals surface area (Å²) < 4.78 is 11.5. The number of rotatable bonds is 3. The minimum absolute atomic E-state index is 0.137. The van der Waals surface area contributed by atoms with Gasteiger partial charge in [0.05, 0.1) is 25.1 Å². The number of nitrogens with one attached hydrogen (secondary N) is 2. The monoisotopic (exact) mass is 360 g/mol. The molecule has 3 aliphatic rings. The summed E-state index contributed by atoms with van der Waals surface area (Å²) in [5.41, 5.74) is 0.720. The standard InChI is InChI=1S/C19H28N4O3/c24-18(21-15-4-2-1-3-5-15)22-16-6-7-17(20-14-16)23-10-8-19(9-11-23)25-12-13-26-19/h6-7,14-15H,1-5,8-13H2,(H2,21,22,24). The van der Waals surface area contributed by atoms with Crippen molar-refractivity contribution in [1.29, 1.82) is 0 Å². The van der Waals surface area contributed by atoms with Crippen LogP contribution in [0.2, 0.25) is 0 Å². The van der Waals surface area contributed by atoms with Crippen LogP contribution in [0.15, 0.2) is 18.3 Å². The SMILES string of the molecule is O=C(Nc1ccc(N2CCC3(CC2)OCCO3)nc1)NC1CCCCC1. The number of nitrogens with zero attached hydrogens (tertiary/aromatic N) is 2. The molecule has 2 N–H and O–H groups in total. The zero-order valence-electron chi connectivity index (χ0n) is 15.2. The molecule has 0 bridgehead atoms. The van der Waals surface area contributed by atoms with E-state index in [1.807, 2.05) is 12.1 Å². The van der Waals surface area contributed by atoms with Gasteiger partial charge in [0.1, 0.15) is 5.82 Å². The molecule has 0 unspecified atom stereocenters. The predicted molar refractivity (Wildman–Crippen MR) is 99.3 cm³/mol. The fraction of sp³-hybridized carbons (Fsp3) is 0.684. The number of ether oxygens (including phenoxy) is 2. The van der Waals surface area contributed by atoms with Gasteiger partial charge >= 0.3 is 6.03 Å². The minimum Gasteiger partial charge on any atom is -0.356 e. The highest BCUT2D eigenvalue weighted by molar-refractivity contribution is 5.89. The van der Waals surface area contributed by atoms with Crippen LogP contribution in [0.1, 0.15) is 44.9 Å². The second kappa shape index (κ2) is 7.80. The number of pyridine rings is 1. The highest BCUT2D eigenvalue weighted by Gasteiger charge is 2.39. The summed E-state index contributed by atoms with van der Waals surface area (Å²) in [5, 5.41) is 5.94. The Balaban J connectivity index is 1.27. The summed E-state index contributed by atoms with van der Waals surface area (Å²) >= 11 is 0. The first-order valence-electron chi connectivity index (χ1n) is 9.79. The van der Waals surface area contributed by atoms with E-state index >= 15 is 0 Å². The zero-order valence-corrected chi connectivity index (χ0v) is 15.2. The van der Waals surface area contributed by atoms with E-state index in [-0.39, 0.29) is 11.8 Å². The molecule has 142 valence electrons. The first-order valence-corrected chi connectivity index (χ1v) is 9.79. The topological polar surface area (TPSA) is 75.7 Å². The number of anilines is 2. The third-order valence-electron chi connectivity index (χ3n) is 5.61. The maximum absolute atomic E-state index is 12.1. The molecule has 4 rings (SSSR count). The molecule has 1 aromatic heterocycles. The van der Waals surface area contributed by atoms with E-state index in [4.69, 9.17) is 9.47 Å². The van der Waals surface area contributed by atoms with Gasteiger partial charge in [0.2, 0.25) is 0 Å². The number of urea groups is 1. The van der Waals surface area contributed by atoms with Crippen molar-refractivity contribution in [2.45, 2.75) is 56.8 Å². The van der Waals surface area contributed by atoms with Crippen LogP contribution in [0.3, 0.4) is 0 Å². The smallest absolute Gasteiger partial charge is 0.319 e. The maximum atomic E-state index is 12.1.